The van der Waals surface area contributed by atoms with Crippen molar-refractivity contribution in [3.05, 3.63) is 62.8 Å². The van der Waals surface area contributed by atoms with E-state index in [0.29, 0.717) is 36.0 Å². The second-order valence-electron chi connectivity index (χ2n) is 11.1. The summed E-state index contributed by atoms with van der Waals surface area (Å²) < 4.78 is 12.3. The van der Waals surface area contributed by atoms with Crippen molar-refractivity contribution in [2.45, 2.75) is 51.9 Å². The molecular formula is C30H32ClIN4O4. The lowest BCUT2D eigenvalue weighted by Gasteiger charge is -2.36. The number of nitrogens with one attached hydrogen (secondary N) is 1. The van der Waals surface area contributed by atoms with Gasteiger partial charge in [0.2, 0.25) is 5.88 Å². The van der Waals surface area contributed by atoms with Gasteiger partial charge in [-0.2, -0.15) is 5.10 Å². The van der Waals surface area contributed by atoms with Crippen LogP contribution in [0.5, 0.6) is 5.88 Å². The summed E-state index contributed by atoms with van der Waals surface area (Å²) in [5, 5.41) is 18.8. The molecule has 4 aromatic rings. The normalized spacial score (nSPS) is 17.0. The van der Waals surface area contributed by atoms with Crippen LogP contribution in [0.3, 0.4) is 0 Å². The average Bonchev–Trinajstić information content (AvgIpc) is 3.27. The van der Waals surface area contributed by atoms with Crippen LogP contribution >= 0.6 is 34.2 Å². The maximum absolute atomic E-state index is 13.1. The molecule has 2 heterocycles. The molecule has 0 atom stereocenters. The lowest BCUT2D eigenvalue weighted by Crippen LogP contribution is -2.43. The molecule has 0 spiro atoms. The van der Waals surface area contributed by atoms with E-state index in [4.69, 9.17) is 26.1 Å². The zero-order valence-corrected chi connectivity index (χ0v) is 25.8. The molecule has 2 N–H and O–H groups in total. The third kappa shape index (κ3) is 6.06. The zero-order valence-electron chi connectivity index (χ0n) is 22.9. The van der Waals surface area contributed by atoms with E-state index in [2.05, 4.69) is 32.8 Å². The molecule has 2 aromatic carbocycles. The van der Waals surface area contributed by atoms with Gasteiger partial charge in [0.15, 0.2) is 0 Å². The van der Waals surface area contributed by atoms with E-state index < -0.39 is 11.7 Å². The highest BCUT2D eigenvalue weighted by molar-refractivity contribution is 14.1. The van der Waals surface area contributed by atoms with E-state index in [9.17, 15) is 9.90 Å². The van der Waals surface area contributed by atoms with Crippen LogP contribution in [0.2, 0.25) is 5.02 Å². The van der Waals surface area contributed by atoms with Gasteiger partial charge >= 0.3 is 6.09 Å². The van der Waals surface area contributed by atoms with Gasteiger partial charge in [-0.25, -0.2) is 9.78 Å². The Morgan fingerprint density at radius 3 is 2.52 bits per heavy atom. The highest BCUT2D eigenvalue weighted by Gasteiger charge is 2.32. The summed E-state index contributed by atoms with van der Waals surface area (Å²) >= 11 is 9.21. The molecule has 1 aliphatic rings. The number of halogens is 2. The number of hydrogen-bond acceptors (Lipinski definition) is 6. The van der Waals surface area contributed by atoms with Gasteiger partial charge in [0, 0.05) is 34.2 Å². The number of fused-ring (bicyclic) bond motifs is 1. The molecule has 8 nitrogen and oxygen atoms in total. The third-order valence-electron chi connectivity index (χ3n) is 6.95. The Balaban J connectivity index is 1.46. The van der Waals surface area contributed by atoms with Crippen LogP contribution in [-0.4, -0.2) is 56.6 Å². The van der Waals surface area contributed by atoms with Crippen LogP contribution in [0.15, 0.2) is 48.5 Å². The molecule has 5 rings (SSSR count). The van der Waals surface area contributed by atoms with Crippen molar-refractivity contribution >= 4 is 51.2 Å². The highest BCUT2D eigenvalue weighted by Crippen LogP contribution is 2.39. The van der Waals surface area contributed by atoms with Gasteiger partial charge in [0.25, 0.3) is 0 Å². The molecule has 0 saturated heterocycles. The molecule has 1 aliphatic carbocycles. The summed E-state index contributed by atoms with van der Waals surface area (Å²) in [7, 11) is 1.56. The number of aliphatic hydroxyl groups is 1. The van der Waals surface area contributed by atoms with Crippen LogP contribution in [-0.2, 0) is 11.3 Å². The first-order valence-electron chi connectivity index (χ1n) is 13.2. The summed E-state index contributed by atoms with van der Waals surface area (Å²) in [5.74, 6) is 0.635. The van der Waals surface area contributed by atoms with Crippen molar-refractivity contribution in [2.24, 2.45) is 5.92 Å². The van der Waals surface area contributed by atoms with E-state index >= 15 is 0 Å². The number of benzene rings is 2. The lowest BCUT2D eigenvalue weighted by atomic mass is 9.82. The maximum Gasteiger partial charge on any atom is 0.410 e. The monoisotopic (exact) mass is 674 g/mol. The Kier molecular flexibility index (Phi) is 8.26. The minimum atomic E-state index is -0.624. The minimum Gasteiger partial charge on any atom is -0.481 e. The van der Waals surface area contributed by atoms with Gasteiger partial charge < -0.3 is 19.5 Å². The Morgan fingerprint density at radius 2 is 1.82 bits per heavy atom. The molecule has 10 heteroatoms. The fourth-order valence-corrected chi connectivity index (χ4v) is 5.88. The molecule has 1 fully saturated rings. The Hall–Kier alpha value is -2.89. The average molecular weight is 675 g/mol. The minimum absolute atomic E-state index is 0.227. The largest absolute Gasteiger partial charge is 0.481 e. The number of amides is 1. The number of aromatic nitrogens is 3. The molecule has 40 heavy (non-hydrogen) atoms. The van der Waals surface area contributed by atoms with E-state index in [1.165, 1.54) is 0 Å². The van der Waals surface area contributed by atoms with Crippen LogP contribution in [0.4, 0.5) is 4.79 Å². The lowest BCUT2D eigenvalue weighted by molar-refractivity contribution is -0.00238. The number of para-hydroxylation sites is 1. The summed E-state index contributed by atoms with van der Waals surface area (Å²) in [4.78, 5) is 19.5. The van der Waals surface area contributed by atoms with Crippen LogP contribution in [0.1, 0.15) is 39.2 Å². The smallest absolute Gasteiger partial charge is 0.410 e. The number of hydrogen-bond donors (Lipinski definition) is 2. The molecule has 0 radical (unpaired) electrons. The van der Waals surface area contributed by atoms with Gasteiger partial charge in [-0.1, -0.05) is 48.0 Å². The Morgan fingerprint density at radius 1 is 1.12 bits per heavy atom. The first kappa shape index (κ1) is 28.6. The van der Waals surface area contributed by atoms with Crippen molar-refractivity contribution in [3.8, 4) is 28.3 Å². The van der Waals surface area contributed by atoms with Gasteiger partial charge in [-0.3, -0.25) is 5.10 Å². The summed E-state index contributed by atoms with van der Waals surface area (Å²) in [5.41, 5.74) is 4.30. The van der Waals surface area contributed by atoms with Crippen molar-refractivity contribution in [1.29, 1.82) is 0 Å². The Labute approximate surface area is 252 Å². The number of aliphatic hydroxyl groups excluding tert-OH is 1. The van der Waals surface area contributed by atoms with Gasteiger partial charge in [0.1, 0.15) is 9.30 Å². The maximum atomic E-state index is 13.1. The fourth-order valence-electron chi connectivity index (χ4n) is 4.99. The van der Waals surface area contributed by atoms with Gasteiger partial charge in [0.05, 0.1) is 36.0 Å². The standard InChI is InChI=1S/C30H32ClIN4O4/c1-30(2,3)40-29(38)36(15-17-13-19(37)14-17)16-18-11-12-24(33-28(18)39-4)22-9-5-7-20(25(22)31)21-8-6-10-23-26(21)34-35-27(23)32/h5-12,17,19,37H,13-16H2,1-4H3,(H,34,35)/t17-,19+. The van der Waals surface area contributed by atoms with E-state index in [0.717, 1.165) is 36.9 Å². The van der Waals surface area contributed by atoms with Crippen molar-refractivity contribution in [1.82, 2.24) is 20.1 Å². The Bertz CT molecular complexity index is 1540. The quantitative estimate of drug-likeness (QED) is 0.204. The van der Waals surface area contributed by atoms with Crippen LogP contribution in [0.25, 0.3) is 33.3 Å². The van der Waals surface area contributed by atoms with E-state index in [1.54, 1.807) is 12.0 Å². The molecular weight excluding hydrogens is 643 g/mol. The van der Waals surface area contributed by atoms with Crippen LogP contribution in [0, 0.1) is 9.62 Å². The predicted octanol–water partition coefficient (Wildman–Crippen LogP) is 7.07. The van der Waals surface area contributed by atoms with Crippen molar-refractivity contribution < 1.29 is 19.4 Å². The second-order valence-corrected chi connectivity index (χ2v) is 12.5. The second kappa shape index (κ2) is 11.5. The third-order valence-corrected chi connectivity index (χ3v) is 8.18. The molecule has 0 unspecified atom stereocenters. The zero-order chi connectivity index (χ0) is 28.6. The van der Waals surface area contributed by atoms with E-state index in [-0.39, 0.29) is 18.6 Å². The fraction of sp³-hybridized carbons (Fsp3) is 0.367. The molecule has 210 valence electrons. The molecule has 0 aliphatic heterocycles. The number of pyridine rings is 1. The first-order chi connectivity index (χ1) is 19.0. The topological polar surface area (TPSA) is 101 Å². The highest BCUT2D eigenvalue weighted by atomic mass is 127. The summed E-state index contributed by atoms with van der Waals surface area (Å²) in [6, 6.07) is 15.7. The van der Waals surface area contributed by atoms with Crippen LogP contribution < -0.4 is 4.74 Å². The number of methoxy groups -OCH3 is 1. The molecule has 0 bridgehead atoms. The predicted molar refractivity (Wildman–Crippen MR) is 164 cm³/mol. The summed E-state index contributed by atoms with van der Waals surface area (Å²) in [6.07, 6.45) is 0.644. The number of nitrogens with zero attached hydrogens (tertiary/aromatic N) is 3. The van der Waals surface area contributed by atoms with Crippen molar-refractivity contribution in [2.75, 3.05) is 13.7 Å². The number of carbonyl (C=O) groups excluding carboxylic acids is 1. The number of carbonyl (C=O) groups is 1. The number of aromatic amines is 1. The molecule has 2 aromatic heterocycles. The van der Waals surface area contributed by atoms with Gasteiger partial charge in [-0.15, -0.1) is 0 Å². The molecule has 1 amide bonds. The van der Waals surface area contributed by atoms with Gasteiger partial charge in [-0.05, 0) is 74.3 Å². The SMILES string of the molecule is COc1nc(-c2cccc(-c3cccc4c(I)n[nH]c34)c2Cl)ccc1CN(C[C@H]1C[C@@H](O)C1)C(=O)OC(C)(C)C. The number of H-pyrrole nitrogens is 1. The number of ether oxygens (including phenoxy) is 2. The molecule has 1 saturated carbocycles. The summed E-state index contributed by atoms with van der Waals surface area (Å²) in [6.45, 7) is 6.30. The van der Waals surface area contributed by atoms with E-state index in [1.807, 2.05) is 69.3 Å². The number of rotatable bonds is 7. The first-order valence-corrected chi connectivity index (χ1v) is 14.6. The van der Waals surface area contributed by atoms with Crippen molar-refractivity contribution in [3.63, 3.8) is 0 Å².